The molecule has 0 fully saturated rings. The fourth-order valence-electron chi connectivity index (χ4n) is 1.74. The fourth-order valence-corrected chi connectivity index (χ4v) is 2.18. The second-order valence-corrected chi connectivity index (χ2v) is 4.99. The highest BCUT2D eigenvalue weighted by atomic mass is 35.5. The second kappa shape index (κ2) is 5.53. The van der Waals surface area contributed by atoms with E-state index in [-0.39, 0.29) is 27.5 Å². The molecule has 0 amide bonds. The predicted molar refractivity (Wildman–Crippen MR) is 77.3 cm³/mol. The van der Waals surface area contributed by atoms with Crippen LogP contribution < -0.4 is 0 Å². The summed E-state index contributed by atoms with van der Waals surface area (Å²) < 4.78 is -0.0832. The van der Waals surface area contributed by atoms with E-state index < -0.39 is 0 Å². The van der Waals surface area contributed by atoms with Crippen LogP contribution in [0.1, 0.15) is 11.1 Å². The summed E-state index contributed by atoms with van der Waals surface area (Å²) in [7, 11) is 0. The Morgan fingerprint density at radius 1 is 0.650 bits per heavy atom. The molecule has 0 aliphatic rings. The van der Waals surface area contributed by atoms with Crippen molar-refractivity contribution < 1.29 is 20.4 Å². The van der Waals surface area contributed by atoms with E-state index in [9.17, 15) is 20.4 Å². The zero-order valence-electron chi connectivity index (χ0n) is 10.0. The summed E-state index contributed by atoms with van der Waals surface area (Å²) >= 11 is 11.7. The van der Waals surface area contributed by atoms with Crippen LogP contribution in [0.5, 0.6) is 23.0 Å². The molecule has 4 N–H and O–H groups in total. The number of aromatic hydroxyl groups is 4. The number of phenolic OH excluding ortho intramolecular Hbond substituents is 4. The first-order valence-electron chi connectivity index (χ1n) is 5.50. The van der Waals surface area contributed by atoms with E-state index >= 15 is 0 Å². The summed E-state index contributed by atoms with van der Waals surface area (Å²) in [5.41, 5.74) is 1.25. The van der Waals surface area contributed by atoms with Gasteiger partial charge >= 0.3 is 0 Å². The molecule has 0 aliphatic carbocycles. The second-order valence-electron chi connectivity index (χ2n) is 4.04. The van der Waals surface area contributed by atoms with Crippen LogP contribution >= 0.6 is 23.2 Å². The molecule has 0 aromatic heterocycles. The average molecular weight is 313 g/mol. The minimum atomic E-state index is -0.322. The Balaban J connectivity index is 2.60. The third-order valence-corrected chi connectivity index (χ3v) is 3.10. The molecule has 2 aromatic carbocycles. The maximum atomic E-state index is 9.53. The molecule has 0 spiro atoms. The third-order valence-electron chi connectivity index (χ3n) is 2.72. The lowest BCUT2D eigenvalue weighted by Gasteiger charge is -2.11. The van der Waals surface area contributed by atoms with Crippen molar-refractivity contribution in [1.29, 1.82) is 0 Å². The van der Waals surface area contributed by atoms with Crippen LogP contribution in [-0.2, 0) is 0 Å². The standard InChI is InChI=1S/C14H10Cl2O4/c15-14(16)13(7-1-3-9(17)11(19)5-7)8-2-4-10(18)12(20)6-8/h1-6,17-20H. The maximum absolute atomic E-state index is 9.53. The molecule has 104 valence electrons. The summed E-state index contributed by atoms with van der Waals surface area (Å²) in [5, 5.41) is 37.7. The Bertz CT molecular complexity index is 638. The van der Waals surface area contributed by atoms with Crippen LogP contribution in [0, 0.1) is 0 Å². The van der Waals surface area contributed by atoms with Crippen LogP contribution in [0.25, 0.3) is 5.57 Å². The van der Waals surface area contributed by atoms with Crippen LogP contribution in [0.3, 0.4) is 0 Å². The van der Waals surface area contributed by atoms with Gasteiger partial charge in [-0.2, -0.15) is 0 Å². The molecule has 0 radical (unpaired) electrons. The lowest BCUT2D eigenvalue weighted by Crippen LogP contribution is -1.89. The number of halogens is 2. The van der Waals surface area contributed by atoms with Crippen molar-refractivity contribution in [2.75, 3.05) is 0 Å². The highest BCUT2D eigenvalue weighted by Crippen LogP contribution is 2.37. The molecule has 0 heterocycles. The van der Waals surface area contributed by atoms with Gasteiger partial charge in [-0.05, 0) is 35.4 Å². The molecular formula is C14H10Cl2O4. The van der Waals surface area contributed by atoms with Crippen LogP contribution in [-0.4, -0.2) is 20.4 Å². The van der Waals surface area contributed by atoms with Gasteiger partial charge in [0.15, 0.2) is 23.0 Å². The number of hydrogen-bond donors (Lipinski definition) is 4. The van der Waals surface area contributed by atoms with E-state index in [1.165, 1.54) is 36.4 Å². The number of phenols is 4. The van der Waals surface area contributed by atoms with Gasteiger partial charge in [-0.25, -0.2) is 0 Å². The molecule has 0 unspecified atom stereocenters. The summed E-state index contributed by atoms with van der Waals surface area (Å²) in [4.78, 5) is 0. The van der Waals surface area contributed by atoms with Crippen molar-refractivity contribution in [2.45, 2.75) is 0 Å². The monoisotopic (exact) mass is 312 g/mol. The Hall–Kier alpha value is -2.04. The molecule has 4 nitrogen and oxygen atoms in total. The highest BCUT2D eigenvalue weighted by molar-refractivity contribution is 6.59. The molecule has 2 aromatic rings. The molecule has 0 saturated carbocycles. The topological polar surface area (TPSA) is 80.9 Å². The zero-order valence-corrected chi connectivity index (χ0v) is 11.5. The third kappa shape index (κ3) is 2.76. The number of hydrogen-bond acceptors (Lipinski definition) is 4. The lowest BCUT2D eigenvalue weighted by atomic mass is 9.98. The fraction of sp³-hybridized carbons (Fsp3) is 0. The van der Waals surface area contributed by atoms with Gasteiger partial charge < -0.3 is 20.4 Å². The van der Waals surface area contributed by atoms with Gasteiger partial charge in [0.05, 0.1) is 0 Å². The van der Waals surface area contributed by atoms with E-state index in [4.69, 9.17) is 23.2 Å². The first-order valence-corrected chi connectivity index (χ1v) is 6.25. The van der Waals surface area contributed by atoms with Crippen molar-refractivity contribution in [3.63, 3.8) is 0 Å². The van der Waals surface area contributed by atoms with Crippen molar-refractivity contribution in [3.8, 4) is 23.0 Å². The molecular weight excluding hydrogens is 303 g/mol. The Morgan fingerprint density at radius 3 is 1.35 bits per heavy atom. The molecule has 0 aliphatic heterocycles. The van der Waals surface area contributed by atoms with Crippen molar-refractivity contribution >= 4 is 28.8 Å². The molecule has 2 rings (SSSR count). The molecule has 0 bridgehead atoms. The van der Waals surface area contributed by atoms with Gasteiger partial charge in [0.2, 0.25) is 0 Å². The quantitative estimate of drug-likeness (QED) is 0.637. The molecule has 6 heteroatoms. The van der Waals surface area contributed by atoms with Crippen molar-refractivity contribution in [3.05, 3.63) is 52.0 Å². The maximum Gasteiger partial charge on any atom is 0.158 e. The van der Waals surface area contributed by atoms with Crippen LogP contribution in [0.2, 0.25) is 0 Å². The van der Waals surface area contributed by atoms with Gasteiger partial charge in [-0.3, -0.25) is 0 Å². The molecule has 0 atom stereocenters. The van der Waals surface area contributed by atoms with Gasteiger partial charge in [0.25, 0.3) is 0 Å². The van der Waals surface area contributed by atoms with Gasteiger partial charge in [-0.15, -0.1) is 0 Å². The van der Waals surface area contributed by atoms with Crippen molar-refractivity contribution in [1.82, 2.24) is 0 Å². The predicted octanol–water partition coefficient (Wildman–Crippen LogP) is 3.70. The van der Waals surface area contributed by atoms with Gasteiger partial charge in [0.1, 0.15) is 4.49 Å². The normalized spacial score (nSPS) is 10.3. The Morgan fingerprint density at radius 2 is 1.05 bits per heavy atom. The van der Waals surface area contributed by atoms with E-state index in [0.29, 0.717) is 16.7 Å². The Kier molecular flexibility index (Phi) is 3.97. The summed E-state index contributed by atoms with van der Waals surface area (Å²) in [6.45, 7) is 0. The van der Waals surface area contributed by atoms with E-state index in [2.05, 4.69) is 0 Å². The average Bonchev–Trinajstić information content (AvgIpc) is 2.38. The largest absolute Gasteiger partial charge is 0.504 e. The van der Waals surface area contributed by atoms with E-state index in [1.807, 2.05) is 0 Å². The number of benzene rings is 2. The Labute approximate surface area is 124 Å². The lowest BCUT2D eigenvalue weighted by molar-refractivity contribution is 0.403. The van der Waals surface area contributed by atoms with Gasteiger partial charge in [-0.1, -0.05) is 35.3 Å². The first-order chi connectivity index (χ1) is 9.40. The first kappa shape index (κ1) is 14.4. The molecule has 20 heavy (non-hydrogen) atoms. The zero-order chi connectivity index (χ0) is 14.9. The van der Waals surface area contributed by atoms with Crippen LogP contribution in [0.15, 0.2) is 40.9 Å². The molecule has 0 saturated heterocycles. The minimum absolute atomic E-state index is 0.0832. The van der Waals surface area contributed by atoms with E-state index in [0.717, 1.165) is 0 Å². The summed E-state index contributed by atoms with van der Waals surface area (Å²) in [6.07, 6.45) is 0. The van der Waals surface area contributed by atoms with E-state index in [1.54, 1.807) is 0 Å². The van der Waals surface area contributed by atoms with Crippen molar-refractivity contribution in [2.24, 2.45) is 0 Å². The highest BCUT2D eigenvalue weighted by Gasteiger charge is 2.13. The minimum Gasteiger partial charge on any atom is -0.504 e. The van der Waals surface area contributed by atoms with Gasteiger partial charge in [0, 0.05) is 5.57 Å². The smallest absolute Gasteiger partial charge is 0.158 e. The number of rotatable bonds is 2. The van der Waals surface area contributed by atoms with Crippen LogP contribution in [0.4, 0.5) is 0 Å². The SMILES string of the molecule is Oc1ccc(C(=C(Cl)Cl)c2ccc(O)c(O)c2)cc1O. The summed E-state index contributed by atoms with van der Waals surface area (Å²) in [6, 6.07) is 8.19. The summed E-state index contributed by atoms with van der Waals surface area (Å²) in [5.74, 6) is -1.19.